The molecule has 5 heterocycles. The maximum absolute atomic E-state index is 12.5. The maximum atomic E-state index is 12.5. The summed E-state index contributed by atoms with van der Waals surface area (Å²) in [5.74, 6) is 0.472. The van der Waals surface area contributed by atoms with Crippen LogP contribution < -0.4 is 50.2 Å². The van der Waals surface area contributed by atoms with E-state index in [1.54, 1.807) is 40.0 Å². The van der Waals surface area contributed by atoms with Crippen molar-refractivity contribution in [3.63, 3.8) is 0 Å². The Kier molecular flexibility index (Phi) is 26.0. The Balaban J connectivity index is 0.000000117. The molecule has 127 heavy (non-hydrogen) atoms. The molecule has 0 spiro atoms. The lowest BCUT2D eigenvalue weighted by molar-refractivity contribution is 0.255. The first-order valence-corrected chi connectivity index (χ1v) is 51.8. The number of furan rings is 2. The van der Waals surface area contributed by atoms with E-state index in [4.69, 9.17) is 8.83 Å². The molecule has 10 N–H and O–H groups in total. The highest BCUT2D eigenvalue weighted by atomic mass is 32.2. The fourth-order valence-corrected chi connectivity index (χ4v) is 24.6. The van der Waals surface area contributed by atoms with Gasteiger partial charge in [-0.2, -0.15) is 35.5 Å². The van der Waals surface area contributed by atoms with Gasteiger partial charge in [-0.1, -0.05) is 36.4 Å². The normalized spacial score (nSPS) is 15.7. The topological polar surface area (TPSA) is 438 Å². The number of amides is 10. The number of sulfonamides is 5. The molecule has 0 fully saturated rings. The minimum Gasteiger partial charge on any atom is -0.451 e. The average molecular weight is 1850 g/mol. The van der Waals surface area contributed by atoms with Crippen molar-refractivity contribution in [2.24, 2.45) is 0 Å². The molecule has 5 aromatic carbocycles. The van der Waals surface area contributed by atoms with Crippen LogP contribution >= 0.6 is 11.3 Å². The van der Waals surface area contributed by atoms with Crippen molar-refractivity contribution in [3.8, 4) is 0 Å². The van der Waals surface area contributed by atoms with Crippen LogP contribution in [0.3, 0.4) is 0 Å². The number of urea groups is 5. The molecular weight excluding hydrogens is 1740 g/mol. The first kappa shape index (κ1) is 89.3. The van der Waals surface area contributed by atoms with Crippen LogP contribution in [0.4, 0.5) is 52.4 Å². The number of nitrogens with one attached hydrogen (secondary N) is 10. The molecule has 0 saturated carbocycles. The molecule has 31 nitrogen and oxygen atoms in total. The van der Waals surface area contributed by atoms with Gasteiger partial charge in [0.05, 0.1) is 12.5 Å². The SMILES string of the molecule is CC(C)n1cc(S(=O)(=O)NC(=O)Nc2c3c(cc4c2CCC4)CCC3)cn1.CC(C)n1ccc(S(=O)(=O)NC(=O)Nc2c3c(cc4c2CCC4)CCC3)n1.Cc1ccc(S(=O)(=O)NC(=O)Nc2c3c(cc4c2CCC4)CCC3)o1.O=C(Nc1c2c(cc3c1CCC3)CCC2)NS(=O)(=O)c1ccco1.O=C(Nc1c2c(cc3c1CCC3)CCC2)NS(=O)(=O)c1cccs1. The lowest BCUT2D eigenvalue weighted by atomic mass is 9.99. The predicted molar refractivity (Wildman–Crippen MR) is 481 cm³/mol. The Bertz CT molecular complexity index is 6140. The van der Waals surface area contributed by atoms with E-state index in [0.29, 0.717) is 5.76 Å². The standard InChI is InChI=1S/2C19H24N4O3S.C18H20N2O4S.C17H18N2O4S.C17H18N2O3S2/c1-12(2)23-11-15(10-20-23)27(25,26)22-19(24)21-18-16-7-3-5-13(16)9-14-6-4-8-17(14)18;1-12(2)23-10-9-17(21-23)27(25,26)22-19(24)20-18-15-7-3-5-13(15)11-14-6-4-8-16(14)18;1-11-8-9-16(24-11)25(22,23)20-18(21)19-17-14-6-2-4-12(14)10-13-5-3-7-15(13)17;2*20-17(19-24(21,22)15-8-3-9-23-15)18-16-13-6-1-4-11(13)10-12-5-2-7-14(12)16/h9-12H,3-8H2,1-2H3,(H2,21,22,24);9-12H,3-8H2,1-2H3,(H2,20,22,24);8-10H,2-7H2,1H3,(H2,19,20,21);2*3,8-10H,1-2,4-7H2,(H2,18,19,20). The minimum absolute atomic E-state index is 0.0186. The molecule has 0 saturated heterocycles. The van der Waals surface area contributed by atoms with Crippen LogP contribution in [0.1, 0.15) is 221 Å². The first-order chi connectivity index (χ1) is 60.7. The van der Waals surface area contributed by atoms with Gasteiger partial charge in [0.25, 0.3) is 50.1 Å². The average Bonchev–Trinajstić information content (AvgIpc) is 1.65. The van der Waals surface area contributed by atoms with E-state index in [0.717, 1.165) is 277 Å². The van der Waals surface area contributed by atoms with Crippen molar-refractivity contribution in [1.82, 2.24) is 43.2 Å². The van der Waals surface area contributed by atoms with E-state index >= 15 is 0 Å². The van der Waals surface area contributed by atoms with Crippen molar-refractivity contribution in [2.45, 2.75) is 264 Å². The van der Waals surface area contributed by atoms with Crippen LogP contribution in [0.2, 0.25) is 0 Å². The highest BCUT2D eigenvalue weighted by Gasteiger charge is 2.35. The quantitative estimate of drug-likeness (QED) is 0.0405. The minimum atomic E-state index is -4.02. The van der Waals surface area contributed by atoms with E-state index in [1.807, 2.05) is 37.1 Å². The second kappa shape index (κ2) is 36.9. The molecule has 10 aromatic rings. The van der Waals surface area contributed by atoms with E-state index < -0.39 is 80.3 Å². The van der Waals surface area contributed by atoms with Crippen LogP contribution in [-0.4, -0.2) is 91.8 Å². The number of benzene rings is 5. The fraction of sp³-hybridized carbons (Fsp3) is 0.411. The lowest BCUT2D eigenvalue weighted by Gasteiger charge is -2.16. The first-order valence-electron chi connectivity index (χ1n) is 43.5. The van der Waals surface area contributed by atoms with E-state index in [-0.39, 0.29) is 36.4 Å². The van der Waals surface area contributed by atoms with Gasteiger partial charge in [0, 0.05) is 52.9 Å². The van der Waals surface area contributed by atoms with Gasteiger partial charge in [-0.25, -0.2) is 64.4 Å². The van der Waals surface area contributed by atoms with Crippen LogP contribution in [0.5, 0.6) is 0 Å². The molecule has 10 amide bonds. The third kappa shape index (κ3) is 19.7. The van der Waals surface area contributed by atoms with Crippen molar-refractivity contribution in [2.75, 3.05) is 26.6 Å². The number of carbonyl (C=O) groups excluding carboxylic acids is 5. The Morgan fingerprint density at radius 1 is 0.362 bits per heavy atom. The number of anilines is 5. The van der Waals surface area contributed by atoms with Gasteiger partial charge in [-0.05, 0) is 380 Å². The Morgan fingerprint density at radius 2 is 0.677 bits per heavy atom. The third-order valence-corrected chi connectivity index (χ3v) is 32.7. The molecular formula is C90H104N14O17S6. The van der Waals surface area contributed by atoms with Crippen LogP contribution in [-0.2, 0) is 179 Å². The van der Waals surface area contributed by atoms with E-state index in [1.165, 1.54) is 116 Å². The summed E-state index contributed by atoms with van der Waals surface area (Å²) < 4.78 is 147. The fourth-order valence-electron chi connectivity index (χ4n) is 19.3. The largest absolute Gasteiger partial charge is 0.451 e. The Hall–Kier alpha value is -11.1. The van der Waals surface area contributed by atoms with Crippen molar-refractivity contribution in [3.05, 3.63) is 220 Å². The summed E-state index contributed by atoms with van der Waals surface area (Å²) in [7, 11) is -19.8. The predicted octanol–water partition coefficient (Wildman–Crippen LogP) is 15.0. The van der Waals surface area contributed by atoms with Gasteiger partial charge in [0.15, 0.2) is 5.03 Å². The zero-order valence-corrected chi connectivity index (χ0v) is 76.3. The Morgan fingerprint density at radius 3 is 0.953 bits per heavy atom. The van der Waals surface area contributed by atoms with Crippen molar-refractivity contribution in [1.29, 1.82) is 0 Å². The van der Waals surface area contributed by atoms with Gasteiger partial charge >= 0.3 is 30.2 Å². The molecule has 0 atom stereocenters. The molecule has 672 valence electrons. The molecule has 5 aromatic heterocycles. The molecule has 0 radical (unpaired) electrons. The second-order valence-corrected chi connectivity index (χ2v) is 43.6. The van der Waals surface area contributed by atoms with Gasteiger partial charge in [-0.15, -0.1) is 11.3 Å². The lowest BCUT2D eigenvalue weighted by Crippen LogP contribution is -2.35. The molecule has 0 bridgehead atoms. The Labute approximate surface area is 743 Å². The summed E-state index contributed by atoms with van der Waals surface area (Å²) in [4.78, 5) is 62.0. The molecule has 0 unspecified atom stereocenters. The number of hydrogen-bond donors (Lipinski definition) is 10. The van der Waals surface area contributed by atoms with Crippen molar-refractivity contribution < 1.29 is 74.9 Å². The zero-order valence-electron chi connectivity index (χ0n) is 71.4. The van der Waals surface area contributed by atoms with E-state index in [2.05, 4.69) is 81.3 Å². The number of aryl methyl sites for hydroxylation is 11. The van der Waals surface area contributed by atoms with Gasteiger partial charge in [-0.3, -0.25) is 9.36 Å². The molecule has 20 rings (SSSR count). The van der Waals surface area contributed by atoms with Gasteiger partial charge in [0.1, 0.15) is 14.9 Å². The number of fused-ring (bicyclic) bond motifs is 10. The number of carbonyl (C=O) groups is 5. The number of hydrogen-bond acceptors (Lipinski definition) is 20. The monoisotopic (exact) mass is 1840 g/mol. The van der Waals surface area contributed by atoms with Crippen molar-refractivity contribution >= 4 is 120 Å². The van der Waals surface area contributed by atoms with E-state index in [9.17, 15) is 66.1 Å². The highest BCUT2D eigenvalue weighted by Crippen LogP contribution is 2.45. The smallest absolute Gasteiger partial charge is 0.333 e. The van der Waals surface area contributed by atoms with Crippen LogP contribution in [0.25, 0.3) is 0 Å². The molecule has 37 heteroatoms. The number of aromatic nitrogens is 4. The van der Waals surface area contributed by atoms with Crippen LogP contribution in [0, 0.1) is 6.92 Å². The summed E-state index contributed by atoms with van der Waals surface area (Å²) >= 11 is 1.09. The van der Waals surface area contributed by atoms with Gasteiger partial charge in [0.2, 0.25) is 10.2 Å². The zero-order chi connectivity index (χ0) is 89.4. The summed E-state index contributed by atoms with van der Waals surface area (Å²) in [6.45, 7) is 9.26. The maximum Gasteiger partial charge on any atom is 0.333 e. The summed E-state index contributed by atoms with van der Waals surface area (Å²) in [6, 6.07) is 17.9. The number of rotatable bonds is 17. The molecule has 0 aliphatic heterocycles. The number of nitrogens with zero attached hydrogens (tertiary/aromatic N) is 4. The third-order valence-electron chi connectivity index (χ3n) is 25.0. The highest BCUT2D eigenvalue weighted by molar-refractivity contribution is 7.92. The number of thiophene rings is 1. The summed E-state index contributed by atoms with van der Waals surface area (Å²) in [6.07, 6.45) is 35.7. The summed E-state index contributed by atoms with van der Waals surface area (Å²) in [5.41, 5.74) is 28.6. The molecule has 10 aliphatic rings. The van der Waals surface area contributed by atoms with Crippen LogP contribution in [0.15, 0.2) is 136 Å². The second-order valence-electron chi connectivity index (χ2n) is 34.2. The molecule has 10 aliphatic carbocycles. The van der Waals surface area contributed by atoms with Gasteiger partial charge < -0.3 is 35.4 Å². The summed E-state index contributed by atoms with van der Waals surface area (Å²) in [5, 5.41) is 23.2.